The van der Waals surface area contributed by atoms with Crippen LogP contribution >= 0.6 is 0 Å². The maximum Gasteiger partial charge on any atom is 0.337 e. The van der Waals surface area contributed by atoms with Gasteiger partial charge in [0.2, 0.25) is 5.91 Å². The molecule has 0 radical (unpaired) electrons. The van der Waals surface area contributed by atoms with Crippen LogP contribution in [-0.4, -0.2) is 67.6 Å². The van der Waals surface area contributed by atoms with Crippen molar-refractivity contribution in [1.29, 1.82) is 0 Å². The summed E-state index contributed by atoms with van der Waals surface area (Å²) in [5.74, 6) is 1.81. The van der Waals surface area contributed by atoms with E-state index in [0.29, 0.717) is 42.7 Å². The summed E-state index contributed by atoms with van der Waals surface area (Å²) in [5, 5.41) is 3.59. The van der Waals surface area contributed by atoms with Crippen LogP contribution in [0.25, 0.3) is 0 Å². The van der Waals surface area contributed by atoms with Crippen LogP contribution in [0.1, 0.15) is 65.6 Å². The molecule has 2 aromatic rings. The molecule has 0 unspecified atom stereocenters. The molecule has 1 saturated heterocycles. The minimum absolute atomic E-state index is 0.0115. The lowest BCUT2D eigenvalue weighted by molar-refractivity contribution is -0.150. The lowest BCUT2D eigenvalue weighted by atomic mass is 9.47. The van der Waals surface area contributed by atoms with Crippen molar-refractivity contribution in [2.75, 3.05) is 27.3 Å². The Bertz CT molecular complexity index is 1380. The number of piperidine rings is 1. The van der Waals surface area contributed by atoms with Crippen molar-refractivity contribution >= 4 is 17.7 Å². The van der Waals surface area contributed by atoms with Crippen LogP contribution in [0.4, 0.5) is 0 Å². The minimum atomic E-state index is -0.608. The van der Waals surface area contributed by atoms with E-state index in [1.54, 1.807) is 19.2 Å². The van der Waals surface area contributed by atoms with E-state index < -0.39 is 17.1 Å². The van der Waals surface area contributed by atoms with Gasteiger partial charge in [-0.3, -0.25) is 14.5 Å². The van der Waals surface area contributed by atoms with Crippen LogP contribution in [0.5, 0.6) is 11.5 Å². The van der Waals surface area contributed by atoms with Gasteiger partial charge in [0.1, 0.15) is 0 Å². The highest BCUT2D eigenvalue weighted by molar-refractivity contribution is 5.91. The van der Waals surface area contributed by atoms with Gasteiger partial charge in [0.15, 0.2) is 23.4 Å². The molecule has 2 aromatic carbocycles. The Hall–Kier alpha value is -3.39. The predicted octanol–water partition coefficient (Wildman–Crippen LogP) is 3.37. The monoisotopic (exact) mass is 544 g/mol. The highest BCUT2D eigenvalue weighted by Gasteiger charge is 2.74. The van der Waals surface area contributed by atoms with Crippen molar-refractivity contribution in [3.63, 3.8) is 0 Å². The first kappa shape index (κ1) is 25.6. The molecule has 3 aliphatic carbocycles. The molecule has 8 nitrogen and oxygen atoms in total. The highest BCUT2D eigenvalue weighted by atomic mass is 16.5. The second-order valence-corrected chi connectivity index (χ2v) is 12.2. The minimum Gasteiger partial charge on any atom is -0.493 e. The van der Waals surface area contributed by atoms with Crippen LogP contribution < -0.4 is 14.8 Å². The van der Waals surface area contributed by atoms with Crippen LogP contribution in [0.15, 0.2) is 36.4 Å². The van der Waals surface area contributed by atoms with E-state index in [4.69, 9.17) is 14.2 Å². The Kier molecular flexibility index (Phi) is 5.97. The van der Waals surface area contributed by atoms with Gasteiger partial charge in [-0.2, -0.15) is 0 Å². The molecule has 2 aliphatic heterocycles. The molecule has 40 heavy (non-hydrogen) atoms. The van der Waals surface area contributed by atoms with E-state index in [1.165, 1.54) is 25.5 Å². The molecule has 1 amide bonds. The topological polar surface area (TPSA) is 94.2 Å². The molecule has 0 aromatic heterocycles. The Morgan fingerprint density at radius 3 is 2.62 bits per heavy atom. The molecule has 4 atom stereocenters. The van der Waals surface area contributed by atoms with Gasteiger partial charge < -0.3 is 19.5 Å². The summed E-state index contributed by atoms with van der Waals surface area (Å²) in [6, 6.07) is 11.4. The van der Waals surface area contributed by atoms with E-state index >= 15 is 0 Å². The third-order valence-electron chi connectivity index (χ3n) is 10.2. The van der Waals surface area contributed by atoms with Gasteiger partial charge in [0, 0.05) is 31.0 Å². The summed E-state index contributed by atoms with van der Waals surface area (Å²) in [5.41, 5.74) is 2.59. The number of carbonyl (C=O) groups is 3. The number of hydrogen-bond donors (Lipinski definition) is 1. The second kappa shape index (κ2) is 9.33. The van der Waals surface area contributed by atoms with Gasteiger partial charge in [-0.15, -0.1) is 0 Å². The van der Waals surface area contributed by atoms with Crippen LogP contribution in [0.2, 0.25) is 0 Å². The Balaban J connectivity index is 1.23. The van der Waals surface area contributed by atoms with E-state index in [1.807, 2.05) is 18.2 Å². The number of likely N-dealkylation sites (tertiary alicyclic amines) is 1. The molecule has 1 spiro atoms. The fraction of sp³-hybridized carbons (Fsp3) is 0.531. The van der Waals surface area contributed by atoms with Gasteiger partial charge in [-0.25, -0.2) is 4.79 Å². The lowest BCUT2D eigenvalue weighted by Crippen LogP contribution is -2.82. The molecule has 2 bridgehead atoms. The van der Waals surface area contributed by atoms with Gasteiger partial charge in [0.05, 0.1) is 30.7 Å². The van der Waals surface area contributed by atoms with Crippen molar-refractivity contribution in [3.8, 4) is 11.5 Å². The van der Waals surface area contributed by atoms with E-state index in [2.05, 4.69) is 16.3 Å². The Morgan fingerprint density at radius 2 is 1.90 bits per heavy atom. The molecule has 2 heterocycles. The van der Waals surface area contributed by atoms with Crippen molar-refractivity contribution in [2.24, 2.45) is 5.92 Å². The number of nitrogens with one attached hydrogen (secondary N) is 1. The molecule has 7 rings (SSSR count). The smallest absolute Gasteiger partial charge is 0.337 e. The summed E-state index contributed by atoms with van der Waals surface area (Å²) in [4.78, 5) is 41.7. The molecule has 210 valence electrons. The van der Waals surface area contributed by atoms with Crippen LogP contribution in [0.3, 0.4) is 0 Å². The first-order valence-corrected chi connectivity index (χ1v) is 14.5. The number of methoxy groups -OCH3 is 2. The summed E-state index contributed by atoms with van der Waals surface area (Å²) >= 11 is 0. The number of hydrogen-bond acceptors (Lipinski definition) is 7. The summed E-state index contributed by atoms with van der Waals surface area (Å²) in [7, 11) is 3.00. The van der Waals surface area contributed by atoms with Crippen molar-refractivity contribution in [1.82, 2.24) is 10.2 Å². The number of rotatable bonds is 8. The van der Waals surface area contributed by atoms with E-state index in [-0.39, 0.29) is 23.7 Å². The summed E-state index contributed by atoms with van der Waals surface area (Å²) in [6.45, 7) is 1.94. The number of esters is 1. The first-order chi connectivity index (χ1) is 19.4. The molecular weight excluding hydrogens is 508 g/mol. The maximum atomic E-state index is 13.8. The zero-order valence-electron chi connectivity index (χ0n) is 23.2. The lowest BCUT2D eigenvalue weighted by Gasteiger charge is -2.65. The number of ketones is 1. The summed E-state index contributed by atoms with van der Waals surface area (Å²) in [6.07, 6.45) is 5.41. The number of nitrogens with zero attached hydrogens (tertiary/aromatic N) is 1. The fourth-order valence-corrected chi connectivity index (χ4v) is 8.21. The molecular formula is C32H36N2O6. The third kappa shape index (κ3) is 3.64. The van der Waals surface area contributed by atoms with Gasteiger partial charge in [-0.1, -0.05) is 18.2 Å². The van der Waals surface area contributed by atoms with Crippen LogP contribution in [-0.2, 0) is 32.6 Å². The number of ether oxygens (including phenoxy) is 3. The molecule has 5 aliphatic rings. The van der Waals surface area contributed by atoms with Gasteiger partial charge >= 0.3 is 5.97 Å². The normalized spacial score (nSPS) is 29.8. The summed E-state index contributed by atoms with van der Waals surface area (Å²) < 4.78 is 17.0. The standard InChI is InChI=1S/C32H36N2O6/c1-38-24-11-10-22-17-25-32(33-26(36)12-7-19-5-8-21(9-6-19)30(37)39-2)14-13-23(35)29-31(32,27(22)28(24)40-29)15-16-34(25)18-20-3-4-20/h5-6,8-11,20,25,29H,3-4,7,12-18H2,1-2H3,(H,33,36)/t25-,29+,31+,32-/m1/s1. The number of Topliss-reactive ketones (excluding diaryl/α,β-unsaturated/α-hetero) is 1. The van der Waals surface area contributed by atoms with Crippen molar-refractivity contribution in [3.05, 3.63) is 58.7 Å². The number of carbonyl (C=O) groups excluding carboxylic acids is 3. The van der Waals surface area contributed by atoms with Gasteiger partial charge in [0.25, 0.3) is 0 Å². The van der Waals surface area contributed by atoms with Crippen molar-refractivity contribution < 1.29 is 28.6 Å². The fourth-order valence-electron chi connectivity index (χ4n) is 8.21. The number of benzene rings is 2. The Labute approximate surface area is 234 Å². The predicted molar refractivity (Wildman–Crippen MR) is 147 cm³/mol. The maximum absolute atomic E-state index is 13.8. The largest absolute Gasteiger partial charge is 0.493 e. The second-order valence-electron chi connectivity index (χ2n) is 12.2. The molecule has 3 fully saturated rings. The number of aryl methyl sites for hydroxylation is 1. The average Bonchev–Trinajstić information content (AvgIpc) is 3.72. The first-order valence-electron chi connectivity index (χ1n) is 14.5. The molecule has 8 heteroatoms. The third-order valence-corrected chi connectivity index (χ3v) is 10.2. The Morgan fingerprint density at radius 1 is 1.10 bits per heavy atom. The quantitative estimate of drug-likeness (QED) is 0.510. The molecule has 2 saturated carbocycles. The average molecular weight is 545 g/mol. The number of amides is 1. The van der Waals surface area contributed by atoms with E-state index in [0.717, 1.165) is 43.0 Å². The van der Waals surface area contributed by atoms with E-state index in [9.17, 15) is 14.4 Å². The van der Waals surface area contributed by atoms with Crippen LogP contribution in [0, 0.1) is 5.92 Å². The zero-order valence-corrected chi connectivity index (χ0v) is 23.2. The molecule has 1 N–H and O–H groups in total. The van der Waals surface area contributed by atoms with Gasteiger partial charge in [-0.05, 0) is 80.3 Å². The SMILES string of the molecule is COC(=O)c1ccc(CCC(=O)N[C@@]23CCC(=O)[C@@H]4Oc5c(OC)ccc6c5[C@@]42CCN(CC2CC2)[C@@H]3C6)cc1. The van der Waals surface area contributed by atoms with Crippen molar-refractivity contribution in [2.45, 2.75) is 74.5 Å². The highest BCUT2D eigenvalue weighted by Crippen LogP contribution is 2.65. The zero-order chi connectivity index (χ0) is 27.6.